The van der Waals surface area contributed by atoms with Crippen LogP contribution in [0.4, 0.5) is 0 Å². The van der Waals surface area contributed by atoms with Crippen molar-refractivity contribution < 1.29 is 5.11 Å². The smallest absolute Gasteiger partial charge is 0.0932 e. The predicted molar refractivity (Wildman–Crippen MR) is 42.6 cm³/mol. The molecule has 0 amide bonds. The van der Waals surface area contributed by atoms with E-state index < -0.39 is 6.10 Å². The molecule has 0 saturated carbocycles. The van der Waals surface area contributed by atoms with Crippen LogP contribution >= 0.6 is 15.9 Å². The van der Waals surface area contributed by atoms with Gasteiger partial charge in [-0.05, 0) is 19.1 Å². The van der Waals surface area contributed by atoms with Crippen molar-refractivity contribution in [1.82, 2.24) is 4.98 Å². The molecule has 54 valence electrons. The van der Waals surface area contributed by atoms with Gasteiger partial charge in [0.15, 0.2) is 0 Å². The van der Waals surface area contributed by atoms with Crippen LogP contribution in [0.25, 0.3) is 0 Å². The Balaban J connectivity index is 2.96. The Bertz CT molecular complexity index is 225. The van der Waals surface area contributed by atoms with E-state index in [0.29, 0.717) is 5.69 Å². The zero-order valence-electron chi connectivity index (χ0n) is 5.58. The summed E-state index contributed by atoms with van der Waals surface area (Å²) in [6.07, 6.45) is 1.17. The summed E-state index contributed by atoms with van der Waals surface area (Å²) in [5.41, 5.74) is 0.689. The Labute approximate surface area is 68.0 Å². The van der Waals surface area contributed by atoms with E-state index in [9.17, 15) is 0 Å². The summed E-state index contributed by atoms with van der Waals surface area (Å²) in [6, 6.07) is 3.62. The number of nitrogens with zero attached hydrogens (tertiary/aromatic N) is 1. The van der Waals surface area contributed by atoms with Gasteiger partial charge in [-0.3, -0.25) is 4.98 Å². The molecular formula is C7H8BrNO. The van der Waals surface area contributed by atoms with Crippen molar-refractivity contribution in [1.29, 1.82) is 0 Å². The number of aliphatic hydroxyl groups is 1. The van der Waals surface area contributed by atoms with Crippen molar-refractivity contribution in [2.24, 2.45) is 0 Å². The van der Waals surface area contributed by atoms with Gasteiger partial charge in [0.05, 0.1) is 11.8 Å². The summed E-state index contributed by atoms with van der Waals surface area (Å²) in [5.74, 6) is 0. The number of aromatic nitrogens is 1. The first-order valence-electron chi connectivity index (χ1n) is 2.99. The Hall–Kier alpha value is -0.410. The van der Waals surface area contributed by atoms with Gasteiger partial charge in [0, 0.05) is 10.7 Å². The molecule has 0 bridgehead atoms. The number of hydrogen-bond acceptors (Lipinski definition) is 2. The third kappa shape index (κ3) is 1.78. The van der Waals surface area contributed by atoms with E-state index in [1.165, 1.54) is 0 Å². The lowest BCUT2D eigenvalue weighted by Crippen LogP contribution is -1.93. The second-order valence-corrected chi connectivity index (χ2v) is 2.99. The van der Waals surface area contributed by atoms with Crippen LogP contribution in [-0.4, -0.2) is 10.1 Å². The highest BCUT2D eigenvalue weighted by Gasteiger charge is 2.00. The van der Waals surface area contributed by atoms with E-state index >= 15 is 0 Å². The SMILES string of the molecule is C[C@@H](O)c1cc(Br)ccn1. The molecule has 0 aliphatic heterocycles. The van der Waals surface area contributed by atoms with Crippen LogP contribution in [0.5, 0.6) is 0 Å². The molecule has 0 aliphatic carbocycles. The number of aliphatic hydroxyl groups excluding tert-OH is 1. The molecule has 1 N–H and O–H groups in total. The van der Waals surface area contributed by atoms with E-state index in [2.05, 4.69) is 20.9 Å². The molecule has 1 aromatic heterocycles. The molecule has 0 radical (unpaired) electrons. The predicted octanol–water partition coefficient (Wildman–Crippen LogP) is 1.90. The molecule has 0 aromatic carbocycles. The number of halogens is 1. The summed E-state index contributed by atoms with van der Waals surface area (Å²) in [7, 11) is 0. The monoisotopic (exact) mass is 201 g/mol. The first-order valence-corrected chi connectivity index (χ1v) is 3.79. The second-order valence-electron chi connectivity index (χ2n) is 2.07. The Morgan fingerprint density at radius 3 is 2.80 bits per heavy atom. The van der Waals surface area contributed by atoms with Gasteiger partial charge in [-0.15, -0.1) is 0 Å². The minimum absolute atomic E-state index is 0.488. The average molecular weight is 202 g/mol. The molecule has 2 nitrogen and oxygen atoms in total. The fourth-order valence-electron chi connectivity index (χ4n) is 0.650. The Morgan fingerprint density at radius 2 is 2.40 bits per heavy atom. The Kier molecular flexibility index (Phi) is 2.40. The number of pyridine rings is 1. The van der Waals surface area contributed by atoms with Gasteiger partial charge in [0.2, 0.25) is 0 Å². The highest BCUT2D eigenvalue weighted by atomic mass is 79.9. The number of rotatable bonds is 1. The van der Waals surface area contributed by atoms with Crippen molar-refractivity contribution in [2.75, 3.05) is 0 Å². The maximum atomic E-state index is 9.06. The molecule has 0 aliphatic rings. The summed E-state index contributed by atoms with van der Waals surface area (Å²) < 4.78 is 0.943. The highest BCUT2D eigenvalue weighted by Crippen LogP contribution is 2.14. The van der Waals surface area contributed by atoms with Gasteiger partial charge < -0.3 is 5.11 Å². The summed E-state index contributed by atoms with van der Waals surface area (Å²) in [5, 5.41) is 9.06. The standard InChI is InChI=1S/C7H8BrNO/c1-5(10)7-4-6(8)2-3-9-7/h2-5,10H,1H3/t5-/m1/s1. The molecule has 3 heteroatoms. The quantitative estimate of drug-likeness (QED) is 0.754. The normalized spacial score (nSPS) is 13.1. The molecule has 0 fully saturated rings. The third-order valence-corrected chi connectivity index (χ3v) is 1.66. The molecule has 0 spiro atoms. The van der Waals surface area contributed by atoms with E-state index in [0.717, 1.165) is 4.47 Å². The van der Waals surface area contributed by atoms with Crippen molar-refractivity contribution >= 4 is 15.9 Å². The lowest BCUT2D eigenvalue weighted by molar-refractivity contribution is 0.194. The molecular weight excluding hydrogens is 194 g/mol. The Morgan fingerprint density at radius 1 is 1.70 bits per heavy atom. The second kappa shape index (κ2) is 3.12. The average Bonchev–Trinajstić information content (AvgIpc) is 1.88. The zero-order valence-corrected chi connectivity index (χ0v) is 7.17. The van der Waals surface area contributed by atoms with Gasteiger partial charge in [0.1, 0.15) is 0 Å². The van der Waals surface area contributed by atoms with Crippen LogP contribution in [0.2, 0.25) is 0 Å². The highest BCUT2D eigenvalue weighted by molar-refractivity contribution is 9.10. The first kappa shape index (κ1) is 7.69. The first-order chi connectivity index (χ1) is 4.70. The fourth-order valence-corrected chi connectivity index (χ4v) is 1.00. The van der Waals surface area contributed by atoms with Crippen LogP contribution < -0.4 is 0 Å². The van der Waals surface area contributed by atoms with Gasteiger partial charge in [-0.1, -0.05) is 15.9 Å². The lowest BCUT2D eigenvalue weighted by atomic mass is 10.2. The summed E-state index contributed by atoms with van der Waals surface area (Å²) in [6.45, 7) is 1.69. The van der Waals surface area contributed by atoms with E-state index in [-0.39, 0.29) is 0 Å². The maximum absolute atomic E-state index is 9.06. The summed E-state index contributed by atoms with van der Waals surface area (Å²) in [4.78, 5) is 3.96. The van der Waals surface area contributed by atoms with Crippen LogP contribution in [0.3, 0.4) is 0 Å². The summed E-state index contributed by atoms with van der Waals surface area (Å²) >= 11 is 3.28. The largest absolute Gasteiger partial charge is 0.387 e. The van der Waals surface area contributed by atoms with E-state index in [4.69, 9.17) is 5.11 Å². The van der Waals surface area contributed by atoms with Gasteiger partial charge in [-0.25, -0.2) is 0 Å². The van der Waals surface area contributed by atoms with Crippen LogP contribution in [0.15, 0.2) is 22.8 Å². The lowest BCUT2D eigenvalue weighted by Gasteiger charge is -2.01. The molecule has 1 heterocycles. The number of hydrogen-bond donors (Lipinski definition) is 1. The van der Waals surface area contributed by atoms with Crippen molar-refractivity contribution in [3.8, 4) is 0 Å². The van der Waals surface area contributed by atoms with Crippen molar-refractivity contribution in [3.05, 3.63) is 28.5 Å². The maximum Gasteiger partial charge on any atom is 0.0932 e. The molecule has 1 rings (SSSR count). The van der Waals surface area contributed by atoms with Crippen LogP contribution in [0, 0.1) is 0 Å². The van der Waals surface area contributed by atoms with Gasteiger partial charge in [-0.2, -0.15) is 0 Å². The minimum Gasteiger partial charge on any atom is -0.387 e. The van der Waals surface area contributed by atoms with E-state index in [1.807, 2.05) is 6.07 Å². The molecule has 10 heavy (non-hydrogen) atoms. The van der Waals surface area contributed by atoms with Crippen molar-refractivity contribution in [2.45, 2.75) is 13.0 Å². The molecule has 1 atom stereocenters. The molecule has 0 unspecified atom stereocenters. The van der Waals surface area contributed by atoms with E-state index in [1.54, 1.807) is 19.2 Å². The van der Waals surface area contributed by atoms with Crippen LogP contribution in [0.1, 0.15) is 18.7 Å². The van der Waals surface area contributed by atoms with Gasteiger partial charge >= 0.3 is 0 Å². The zero-order chi connectivity index (χ0) is 7.56. The minimum atomic E-state index is -0.488. The molecule has 1 aromatic rings. The third-order valence-electron chi connectivity index (χ3n) is 1.17. The van der Waals surface area contributed by atoms with Crippen LogP contribution in [-0.2, 0) is 0 Å². The topological polar surface area (TPSA) is 33.1 Å². The van der Waals surface area contributed by atoms with Gasteiger partial charge in [0.25, 0.3) is 0 Å². The fraction of sp³-hybridized carbons (Fsp3) is 0.286. The molecule has 0 saturated heterocycles. The van der Waals surface area contributed by atoms with Crippen molar-refractivity contribution in [3.63, 3.8) is 0 Å².